The Morgan fingerprint density at radius 3 is 2.94 bits per heavy atom. The van der Waals surface area contributed by atoms with E-state index in [0.717, 1.165) is 12.1 Å². The average Bonchev–Trinajstić information content (AvgIpc) is 2.86. The van der Waals surface area contributed by atoms with Crippen LogP contribution in [0, 0.1) is 0 Å². The first-order valence-electron chi connectivity index (χ1n) is 6.17. The van der Waals surface area contributed by atoms with Crippen LogP contribution in [0.3, 0.4) is 0 Å². The Morgan fingerprint density at radius 1 is 1.61 bits per heavy atom. The molecule has 0 saturated carbocycles. The van der Waals surface area contributed by atoms with Gasteiger partial charge in [-0.15, -0.1) is 0 Å². The molecule has 0 aliphatic heterocycles. The summed E-state index contributed by atoms with van der Waals surface area (Å²) in [5.41, 5.74) is 0.726. The van der Waals surface area contributed by atoms with E-state index in [2.05, 4.69) is 10.5 Å². The summed E-state index contributed by atoms with van der Waals surface area (Å²) < 4.78 is 10.2. The number of urea groups is 1. The van der Waals surface area contributed by atoms with Crippen LogP contribution in [0.5, 0.6) is 0 Å². The van der Waals surface area contributed by atoms with E-state index in [0.29, 0.717) is 19.7 Å². The molecule has 1 rings (SSSR count). The van der Waals surface area contributed by atoms with E-state index < -0.39 is 0 Å². The fourth-order valence-corrected chi connectivity index (χ4v) is 1.53. The first-order chi connectivity index (χ1) is 8.67. The monoisotopic (exact) mass is 255 g/mol. The van der Waals surface area contributed by atoms with Crippen molar-refractivity contribution in [2.24, 2.45) is 0 Å². The van der Waals surface area contributed by atoms with Crippen LogP contribution in [-0.4, -0.2) is 42.4 Å². The average molecular weight is 255 g/mol. The highest BCUT2D eigenvalue weighted by atomic mass is 16.5. The lowest BCUT2D eigenvalue weighted by Gasteiger charge is -2.20. The molecule has 0 aliphatic carbocycles. The molecule has 102 valence electrons. The molecule has 0 saturated heterocycles. The van der Waals surface area contributed by atoms with Gasteiger partial charge in [0.1, 0.15) is 12.0 Å². The summed E-state index contributed by atoms with van der Waals surface area (Å²) in [4.78, 5) is 13.3. The highest BCUT2D eigenvalue weighted by Crippen LogP contribution is 2.00. The highest BCUT2D eigenvalue weighted by Gasteiger charge is 2.12. The number of ether oxygens (including phenoxy) is 1. The number of aromatic nitrogens is 1. The zero-order valence-electron chi connectivity index (χ0n) is 11.2. The number of hydrogen-bond donors (Lipinski definition) is 1. The molecule has 1 heterocycles. The van der Waals surface area contributed by atoms with Crippen LogP contribution in [0.1, 0.15) is 26.0 Å². The first kappa shape index (κ1) is 14.5. The van der Waals surface area contributed by atoms with E-state index in [1.807, 2.05) is 13.8 Å². The van der Waals surface area contributed by atoms with Crippen molar-refractivity contribution < 1.29 is 14.1 Å². The molecule has 0 radical (unpaired) electrons. The van der Waals surface area contributed by atoms with Crippen LogP contribution in [0.4, 0.5) is 4.79 Å². The molecule has 1 N–H and O–H groups in total. The third-order valence-electron chi connectivity index (χ3n) is 2.58. The normalized spacial score (nSPS) is 12.2. The second-order valence-electron chi connectivity index (χ2n) is 4.02. The predicted octanol–water partition coefficient (Wildman–Crippen LogP) is 1.63. The molecule has 6 heteroatoms. The fraction of sp³-hybridized carbons (Fsp3) is 0.667. The summed E-state index contributed by atoms with van der Waals surface area (Å²) in [7, 11) is 1.71. The fourth-order valence-electron chi connectivity index (χ4n) is 1.53. The van der Waals surface area contributed by atoms with Crippen molar-refractivity contribution in [2.75, 3.05) is 20.2 Å². The molecule has 6 nitrogen and oxygen atoms in total. The number of rotatable bonds is 7. The number of nitrogens with zero attached hydrogens (tertiary/aromatic N) is 2. The Hall–Kier alpha value is -1.56. The lowest BCUT2D eigenvalue weighted by atomic mass is 10.3. The lowest BCUT2D eigenvalue weighted by molar-refractivity contribution is 0.0607. The minimum absolute atomic E-state index is 0.0689. The number of nitrogens with one attached hydrogen (secondary N) is 1. The minimum atomic E-state index is -0.142. The van der Waals surface area contributed by atoms with Gasteiger partial charge in [0.15, 0.2) is 0 Å². The zero-order valence-corrected chi connectivity index (χ0v) is 11.2. The Kier molecular flexibility index (Phi) is 6.21. The molecule has 1 aromatic rings. The van der Waals surface area contributed by atoms with Crippen molar-refractivity contribution in [1.82, 2.24) is 15.4 Å². The maximum Gasteiger partial charge on any atom is 0.317 e. The van der Waals surface area contributed by atoms with Gasteiger partial charge in [-0.3, -0.25) is 0 Å². The van der Waals surface area contributed by atoms with Crippen LogP contribution < -0.4 is 5.32 Å². The summed E-state index contributed by atoms with van der Waals surface area (Å²) >= 11 is 0. The molecule has 1 atom stereocenters. The zero-order chi connectivity index (χ0) is 13.4. The predicted molar refractivity (Wildman–Crippen MR) is 67.1 cm³/mol. The largest absolute Gasteiger partial charge is 0.377 e. The third kappa shape index (κ3) is 4.75. The van der Waals surface area contributed by atoms with Crippen LogP contribution in [0.25, 0.3) is 0 Å². The van der Waals surface area contributed by atoms with Crippen molar-refractivity contribution in [2.45, 2.75) is 32.9 Å². The Labute approximate surface area is 107 Å². The number of hydrogen-bond acceptors (Lipinski definition) is 4. The Morgan fingerprint density at radius 2 is 2.39 bits per heavy atom. The molecule has 0 unspecified atom stereocenters. The van der Waals surface area contributed by atoms with E-state index in [1.54, 1.807) is 18.0 Å². The molecule has 2 amide bonds. The maximum absolute atomic E-state index is 11.8. The molecule has 18 heavy (non-hydrogen) atoms. The van der Waals surface area contributed by atoms with E-state index in [4.69, 9.17) is 9.26 Å². The molecular formula is C12H21N3O3. The van der Waals surface area contributed by atoms with Crippen LogP contribution >= 0.6 is 0 Å². The highest BCUT2D eigenvalue weighted by molar-refractivity contribution is 5.73. The number of carbonyl (C=O) groups is 1. The summed E-state index contributed by atoms with van der Waals surface area (Å²) in [6.07, 6.45) is 2.43. The Balaban J connectivity index is 2.31. The summed E-state index contributed by atoms with van der Waals surface area (Å²) in [6, 6.07) is 1.59. The number of carbonyl (C=O) groups excluding carboxylic acids is 1. The summed E-state index contributed by atoms with van der Waals surface area (Å²) in [5.74, 6) is 0. The third-order valence-corrected chi connectivity index (χ3v) is 2.58. The van der Waals surface area contributed by atoms with E-state index in [9.17, 15) is 4.79 Å². The van der Waals surface area contributed by atoms with E-state index >= 15 is 0 Å². The Bertz CT molecular complexity index is 340. The topological polar surface area (TPSA) is 67.6 Å². The summed E-state index contributed by atoms with van der Waals surface area (Å²) in [5, 5.41) is 6.59. The van der Waals surface area contributed by atoms with Gasteiger partial charge in [-0.1, -0.05) is 12.1 Å². The van der Waals surface area contributed by atoms with Gasteiger partial charge in [0.05, 0.1) is 12.6 Å². The van der Waals surface area contributed by atoms with Crippen molar-refractivity contribution in [1.29, 1.82) is 0 Å². The second kappa shape index (κ2) is 7.71. The van der Waals surface area contributed by atoms with Crippen molar-refractivity contribution in [3.8, 4) is 0 Å². The molecule has 0 spiro atoms. The van der Waals surface area contributed by atoms with Gasteiger partial charge < -0.3 is 19.5 Å². The first-order valence-corrected chi connectivity index (χ1v) is 6.17. The van der Waals surface area contributed by atoms with Gasteiger partial charge in [-0.05, 0) is 13.3 Å². The van der Waals surface area contributed by atoms with E-state index in [-0.39, 0.29) is 12.1 Å². The van der Waals surface area contributed by atoms with Crippen molar-refractivity contribution in [3.63, 3.8) is 0 Å². The molecule has 0 bridgehead atoms. The van der Waals surface area contributed by atoms with Gasteiger partial charge in [0.2, 0.25) is 0 Å². The minimum Gasteiger partial charge on any atom is -0.377 e. The second-order valence-corrected chi connectivity index (χ2v) is 4.02. The van der Waals surface area contributed by atoms with Crippen molar-refractivity contribution in [3.05, 3.63) is 18.0 Å². The molecule has 0 aliphatic rings. The molecular weight excluding hydrogens is 234 g/mol. The number of amides is 2. The molecule has 0 aromatic carbocycles. The standard InChI is InChI=1S/C12H21N3O3/c1-4-11(17-5-2)8-13-12(16)15(3)9-10-6-7-18-14-10/h6-7,11H,4-5,8-9H2,1-3H3,(H,13,16)/t11-/m0/s1. The maximum atomic E-state index is 11.8. The van der Waals surface area contributed by atoms with Crippen LogP contribution in [0.15, 0.2) is 16.9 Å². The smallest absolute Gasteiger partial charge is 0.317 e. The lowest BCUT2D eigenvalue weighted by Crippen LogP contribution is -2.41. The molecule has 0 fully saturated rings. The van der Waals surface area contributed by atoms with Crippen LogP contribution in [0.2, 0.25) is 0 Å². The van der Waals surface area contributed by atoms with Gasteiger partial charge in [0.25, 0.3) is 0 Å². The van der Waals surface area contributed by atoms with Gasteiger partial charge >= 0.3 is 6.03 Å². The van der Waals surface area contributed by atoms with Gasteiger partial charge in [-0.2, -0.15) is 0 Å². The van der Waals surface area contributed by atoms with E-state index in [1.165, 1.54) is 6.26 Å². The summed E-state index contributed by atoms with van der Waals surface area (Å²) in [6.45, 7) is 5.58. The van der Waals surface area contributed by atoms with Crippen LogP contribution in [-0.2, 0) is 11.3 Å². The quantitative estimate of drug-likeness (QED) is 0.804. The van der Waals surface area contributed by atoms with Gasteiger partial charge in [0, 0.05) is 26.3 Å². The van der Waals surface area contributed by atoms with Gasteiger partial charge in [-0.25, -0.2) is 4.79 Å². The molecule has 1 aromatic heterocycles. The SMILES string of the molecule is CCO[C@@H](CC)CNC(=O)N(C)Cc1ccon1. The van der Waals surface area contributed by atoms with Crippen molar-refractivity contribution >= 4 is 6.03 Å².